The quantitative estimate of drug-likeness (QED) is 0.725. The lowest BCUT2D eigenvalue weighted by Gasteiger charge is -2.14. The molecule has 0 aromatic carbocycles. The standard InChI is InChI=1S/C20H24N6O/c1-12-3-6-17(23-14-7-8-21-10-14)24-19(12)15-11-22-18-9-16(27-2)20(13-4-5-13)25-26(15)18/h3,6,9,11,13-14,21H,4-5,7-8,10H2,1-2H3,(H,23,24). The molecule has 0 radical (unpaired) electrons. The molecule has 2 fully saturated rings. The summed E-state index contributed by atoms with van der Waals surface area (Å²) in [6, 6.07) is 6.56. The van der Waals surface area contributed by atoms with Crippen LogP contribution in [0.2, 0.25) is 0 Å². The summed E-state index contributed by atoms with van der Waals surface area (Å²) >= 11 is 0. The van der Waals surface area contributed by atoms with Crippen LogP contribution >= 0.6 is 0 Å². The molecule has 4 heterocycles. The van der Waals surface area contributed by atoms with Crippen LogP contribution in [-0.2, 0) is 0 Å². The van der Waals surface area contributed by atoms with E-state index in [1.165, 1.54) is 12.8 Å². The second-order valence-corrected chi connectivity index (χ2v) is 7.48. The van der Waals surface area contributed by atoms with Gasteiger partial charge in [-0.25, -0.2) is 14.5 Å². The summed E-state index contributed by atoms with van der Waals surface area (Å²) < 4.78 is 7.45. The minimum Gasteiger partial charge on any atom is -0.495 e. The number of pyridine rings is 1. The third-order valence-corrected chi connectivity index (χ3v) is 5.42. The van der Waals surface area contributed by atoms with Crippen LogP contribution in [0.4, 0.5) is 5.82 Å². The zero-order valence-corrected chi connectivity index (χ0v) is 15.7. The highest BCUT2D eigenvalue weighted by Gasteiger charge is 2.30. The number of hydrogen-bond acceptors (Lipinski definition) is 6. The van der Waals surface area contributed by atoms with Gasteiger partial charge < -0.3 is 15.4 Å². The average molecular weight is 364 g/mol. The van der Waals surface area contributed by atoms with E-state index in [2.05, 4.69) is 28.6 Å². The number of nitrogens with zero attached hydrogens (tertiary/aromatic N) is 4. The third kappa shape index (κ3) is 3.02. The Balaban J connectivity index is 1.57. The molecule has 0 amide bonds. The molecule has 1 aliphatic heterocycles. The molecule has 140 valence electrons. The normalized spacial score (nSPS) is 19.6. The summed E-state index contributed by atoms with van der Waals surface area (Å²) in [5, 5.41) is 11.8. The smallest absolute Gasteiger partial charge is 0.157 e. The van der Waals surface area contributed by atoms with Gasteiger partial charge in [0.2, 0.25) is 0 Å². The predicted molar refractivity (Wildman–Crippen MR) is 104 cm³/mol. The Morgan fingerprint density at radius 1 is 1.26 bits per heavy atom. The van der Waals surface area contributed by atoms with E-state index in [-0.39, 0.29) is 0 Å². The lowest BCUT2D eigenvalue weighted by molar-refractivity contribution is 0.405. The summed E-state index contributed by atoms with van der Waals surface area (Å²) in [5.74, 6) is 2.22. The number of nitrogens with one attached hydrogen (secondary N) is 2. The number of aryl methyl sites for hydroxylation is 1. The lowest BCUT2D eigenvalue weighted by atomic mass is 10.1. The van der Waals surface area contributed by atoms with Gasteiger partial charge in [0.05, 0.1) is 19.0 Å². The number of ether oxygens (including phenoxy) is 1. The summed E-state index contributed by atoms with van der Waals surface area (Å²) in [5.41, 5.74) is 4.75. The zero-order chi connectivity index (χ0) is 18.4. The second-order valence-electron chi connectivity index (χ2n) is 7.48. The van der Waals surface area contributed by atoms with E-state index in [1.54, 1.807) is 7.11 Å². The van der Waals surface area contributed by atoms with Crippen LogP contribution in [0.3, 0.4) is 0 Å². The third-order valence-electron chi connectivity index (χ3n) is 5.42. The Morgan fingerprint density at radius 3 is 2.89 bits per heavy atom. The van der Waals surface area contributed by atoms with Crippen molar-refractivity contribution in [2.75, 3.05) is 25.5 Å². The van der Waals surface area contributed by atoms with Crippen molar-refractivity contribution in [3.8, 4) is 17.1 Å². The lowest BCUT2D eigenvalue weighted by Crippen LogP contribution is -2.22. The molecule has 3 aromatic rings. The molecule has 3 aromatic heterocycles. The minimum absolute atomic E-state index is 0.430. The predicted octanol–water partition coefficient (Wildman–Crippen LogP) is 2.76. The molecule has 1 atom stereocenters. The Hall–Kier alpha value is -2.67. The number of methoxy groups -OCH3 is 1. The number of fused-ring (bicyclic) bond motifs is 1. The summed E-state index contributed by atoms with van der Waals surface area (Å²) in [4.78, 5) is 9.44. The van der Waals surface area contributed by atoms with Crippen LogP contribution in [0.5, 0.6) is 5.75 Å². The van der Waals surface area contributed by atoms with Crippen LogP contribution in [0.15, 0.2) is 24.4 Å². The van der Waals surface area contributed by atoms with Gasteiger partial charge in [0.15, 0.2) is 5.65 Å². The van der Waals surface area contributed by atoms with E-state index < -0.39 is 0 Å². The van der Waals surface area contributed by atoms with Crippen molar-refractivity contribution in [2.45, 2.75) is 38.1 Å². The maximum absolute atomic E-state index is 5.54. The van der Waals surface area contributed by atoms with E-state index in [1.807, 2.05) is 22.8 Å². The van der Waals surface area contributed by atoms with Crippen LogP contribution in [0, 0.1) is 6.92 Å². The summed E-state index contributed by atoms with van der Waals surface area (Å²) in [6.45, 7) is 4.11. The Kier molecular flexibility index (Phi) is 3.97. The molecule has 27 heavy (non-hydrogen) atoms. The Labute approximate surface area is 158 Å². The molecule has 7 heteroatoms. The molecular formula is C20H24N6O. The summed E-state index contributed by atoms with van der Waals surface area (Å²) in [7, 11) is 1.70. The Morgan fingerprint density at radius 2 is 2.15 bits per heavy atom. The van der Waals surface area contributed by atoms with E-state index in [4.69, 9.17) is 14.8 Å². The van der Waals surface area contributed by atoms with E-state index >= 15 is 0 Å². The molecule has 1 aliphatic carbocycles. The minimum atomic E-state index is 0.430. The van der Waals surface area contributed by atoms with Crippen LogP contribution in [-0.4, -0.2) is 45.8 Å². The van der Waals surface area contributed by atoms with Gasteiger partial charge in [0.25, 0.3) is 0 Å². The monoisotopic (exact) mass is 364 g/mol. The molecule has 0 bridgehead atoms. The molecule has 2 N–H and O–H groups in total. The number of aromatic nitrogens is 4. The number of imidazole rings is 1. The summed E-state index contributed by atoms with van der Waals surface area (Å²) in [6.07, 6.45) is 5.32. The maximum atomic E-state index is 5.54. The van der Waals surface area contributed by atoms with Gasteiger partial charge in [-0.05, 0) is 44.4 Å². The number of hydrogen-bond donors (Lipinski definition) is 2. The van der Waals surface area contributed by atoms with Crippen molar-refractivity contribution in [2.24, 2.45) is 0 Å². The van der Waals surface area contributed by atoms with Crippen molar-refractivity contribution in [3.63, 3.8) is 0 Å². The van der Waals surface area contributed by atoms with Gasteiger partial charge in [0.1, 0.15) is 23.0 Å². The first-order valence-corrected chi connectivity index (χ1v) is 9.61. The van der Waals surface area contributed by atoms with E-state index in [0.29, 0.717) is 12.0 Å². The molecule has 2 aliphatic rings. The fraction of sp³-hybridized carbons (Fsp3) is 0.450. The first-order chi connectivity index (χ1) is 13.2. The van der Waals surface area contributed by atoms with Crippen LogP contribution < -0.4 is 15.4 Å². The number of rotatable bonds is 5. The van der Waals surface area contributed by atoms with Crippen LogP contribution in [0.25, 0.3) is 17.0 Å². The maximum Gasteiger partial charge on any atom is 0.157 e. The van der Waals surface area contributed by atoms with Crippen LogP contribution in [0.1, 0.15) is 36.4 Å². The molecule has 1 saturated carbocycles. The van der Waals surface area contributed by atoms with Crippen molar-refractivity contribution in [1.82, 2.24) is 24.9 Å². The molecule has 1 saturated heterocycles. The van der Waals surface area contributed by atoms with Crippen molar-refractivity contribution in [3.05, 3.63) is 35.7 Å². The first-order valence-electron chi connectivity index (χ1n) is 9.61. The van der Waals surface area contributed by atoms with Gasteiger partial charge in [-0.15, -0.1) is 0 Å². The van der Waals surface area contributed by atoms with E-state index in [0.717, 1.165) is 59.4 Å². The highest BCUT2D eigenvalue weighted by Crippen LogP contribution is 2.43. The van der Waals surface area contributed by atoms with Gasteiger partial charge in [0, 0.05) is 24.6 Å². The van der Waals surface area contributed by atoms with Gasteiger partial charge in [-0.1, -0.05) is 6.07 Å². The van der Waals surface area contributed by atoms with Crippen molar-refractivity contribution in [1.29, 1.82) is 0 Å². The SMILES string of the molecule is COc1cc2ncc(-c3nc(NC4CCNC4)ccc3C)n2nc1C1CC1. The van der Waals surface area contributed by atoms with Gasteiger partial charge in [-0.2, -0.15) is 5.10 Å². The number of anilines is 1. The molecule has 1 unspecified atom stereocenters. The fourth-order valence-corrected chi connectivity index (χ4v) is 3.73. The highest BCUT2D eigenvalue weighted by atomic mass is 16.5. The highest BCUT2D eigenvalue weighted by molar-refractivity contribution is 5.65. The molecular weight excluding hydrogens is 340 g/mol. The molecule has 5 rings (SSSR count). The fourth-order valence-electron chi connectivity index (χ4n) is 3.73. The molecule has 0 spiro atoms. The zero-order valence-electron chi connectivity index (χ0n) is 15.7. The molecule has 7 nitrogen and oxygen atoms in total. The topological polar surface area (TPSA) is 76.4 Å². The van der Waals surface area contributed by atoms with Gasteiger partial charge in [-0.3, -0.25) is 0 Å². The van der Waals surface area contributed by atoms with E-state index in [9.17, 15) is 0 Å². The van der Waals surface area contributed by atoms with Crippen molar-refractivity contribution < 1.29 is 4.74 Å². The van der Waals surface area contributed by atoms with Gasteiger partial charge >= 0.3 is 0 Å². The average Bonchev–Trinajstić information content (AvgIpc) is 3.25. The Bertz CT molecular complexity index is 988. The first kappa shape index (κ1) is 16.5. The van der Waals surface area contributed by atoms with Crippen molar-refractivity contribution >= 4 is 11.5 Å². The second kappa shape index (κ2) is 6.49. The largest absolute Gasteiger partial charge is 0.495 e.